The van der Waals surface area contributed by atoms with Crippen LogP contribution in [0.1, 0.15) is 50.2 Å². The van der Waals surface area contributed by atoms with Gasteiger partial charge >= 0.3 is 0 Å². The summed E-state index contributed by atoms with van der Waals surface area (Å²) in [4.78, 5) is 28.1. The Kier molecular flexibility index (Phi) is 7.21. The molecule has 1 fully saturated rings. The third-order valence-corrected chi connectivity index (χ3v) is 7.42. The number of piperidine rings is 1. The predicted octanol–water partition coefficient (Wildman–Crippen LogP) is 5.73. The molecule has 5 heteroatoms. The number of Topliss-reactive ketones (excluding diaryl/α,β-unsaturated/α-hetero) is 1. The Labute approximate surface area is 207 Å². The van der Waals surface area contributed by atoms with Gasteiger partial charge in [-0.2, -0.15) is 5.26 Å². The molecule has 3 aromatic rings. The summed E-state index contributed by atoms with van der Waals surface area (Å²) in [7, 11) is 1.61. The summed E-state index contributed by atoms with van der Waals surface area (Å²) < 4.78 is 5.71. The number of amides is 1. The van der Waals surface area contributed by atoms with E-state index >= 15 is 0 Å². The van der Waals surface area contributed by atoms with Crippen molar-refractivity contribution in [2.24, 2.45) is 11.3 Å². The second-order valence-corrected chi connectivity index (χ2v) is 9.44. The maximum absolute atomic E-state index is 14.1. The van der Waals surface area contributed by atoms with Gasteiger partial charge in [-0.25, -0.2) is 0 Å². The van der Waals surface area contributed by atoms with Gasteiger partial charge in [0.1, 0.15) is 16.9 Å². The zero-order valence-electron chi connectivity index (χ0n) is 20.7. The van der Waals surface area contributed by atoms with Crippen LogP contribution in [0.5, 0.6) is 5.75 Å². The van der Waals surface area contributed by atoms with Gasteiger partial charge in [0, 0.05) is 36.9 Å². The van der Waals surface area contributed by atoms with Crippen LogP contribution in [0.25, 0.3) is 10.8 Å². The van der Waals surface area contributed by atoms with Crippen LogP contribution in [0.3, 0.4) is 0 Å². The van der Waals surface area contributed by atoms with Gasteiger partial charge in [0.25, 0.3) is 0 Å². The van der Waals surface area contributed by atoms with E-state index in [0.29, 0.717) is 38.1 Å². The molecule has 0 N–H and O–H groups in total. The third kappa shape index (κ3) is 4.53. The van der Waals surface area contributed by atoms with Crippen molar-refractivity contribution >= 4 is 22.5 Å². The van der Waals surface area contributed by atoms with E-state index in [-0.39, 0.29) is 17.6 Å². The summed E-state index contributed by atoms with van der Waals surface area (Å²) in [5.74, 6) is 0.152. The second-order valence-electron chi connectivity index (χ2n) is 9.44. The van der Waals surface area contributed by atoms with Crippen LogP contribution in [0.4, 0.5) is 0 Å². The maximum Gasteiger partial charge on any atom is 0.243 e. The average Bonchev–Trinajstić information content (AvgIpc) is 2.92. The fourth-order valence-corrected chi connectivity index (χ4v) is 5.45. The molecular weight excluding hydrogens is 436 g/mol. The van der Waals surface area contributed by atoms with E-state index in [4.69, 9.17) is 4.74 Å². The first-order valence-corrected chi connectivity index (χ1v) is 12.3. The molecule has 1 amide bonds. The predicted molar refractivity (Wildman–Crippen MR) is 137 cm³/mol. The molecule has 0 aromatic heterocycles. The first-order chi connectivity index (χ1) is 16.9. The molecule has 1 aliphatic heterocycles. The van der Waals surface area contributed by atoms with Gasteiger partial charge in [-0.3, -0.25) is 9.59 Å². The highest BCUT2D eigenvalue weighted by atomic mass is 16.5. The zero-order chi connectivity index (χ0) is 25.0. The largest absolute Gasteiger partial charge is 0.496 e. The molecule has 1 aliphatic rings. The topological polar surface area (TPSA) is 70.4 Å². The summed E-state index contributed by atoms with van der Waals surface area (Å²) in [6.45, 7) is 4.60. The normalized spacial score (nSPS) is 16.8. The number of nitrogens with zero attached hydrogens (tertiary/aromatic N) is 2. The number of hydrogen-bond donors (Lipinski definition) is 0. The van der Waals surface area contributed by atoms with Gasteiger partial charge in [0.05, 0.1) is 13.2 Å². The molecule has 0 saturated carbocycles. The third-order valence-electron chi connectivity index (χ3n) is 7.42. The fraction of sp³-hybridized carbons (Fsp3) is 0.367. The van der Waals surface area contributed by atoms with Gasteiger partial charge < -0.3 is 9.64 Å². The highest BCUT2D eigenvalue weighted by Crippen LogP contribution is 2.47. The van der Waals surface area contributed by atoms with Crippen molar-refractivity contribution in [3.05, 3.63) is 77.9 Å². The highest BCUT2D eigenvalue weighted by molar-refractivity contribution is 5.92. The molecule has 0 unspecified atom stereocenters. The second kappa shape index (κ2) is 10.3. The van der Waals surface area contributed by atoms with Crippen molar-refractivity contribution in [2.75, 3.05) is 20.2 Å². The number of nitriles is 1. The Bertz CT molecular complexity index is 1260. The van der Waals surface area contributed by atoms with Crippen molar-refractivity contribution in [3.63, 3.8) is 0 Å². The van der Waals surface area contributed by atoms with Crippen molar-refractivity contribution in [2.45, 2.75) is 39.0 Å². The lowest BCUT2D eigenvalue weighted by atomic mass is 9.68. The summed E-state index contributed by atoms with van der Waals surface area (Å²) in [6.07, 6.45) is 1.81. The minimum Gasteiger partial charge on any atom is -0.496 e. The minimum atomic E-state index is -1.37. The van der Waals surface area contributed by atoms with E-state index in [2.05, 4.69) is 6.07 Å². The monoisotopic (exact) mass is 468 g/mol. The van der Waals surface area contributed by atoms with E-state index in [1.807, 2.05) is 73.7 Å². The number of fused-ring (bicyclic) bond motifs is 1. The number of rotatable bonds is 7. The Balaban J connectivity index is 1.82. The van der Waals surface area contributed by atoms with Crippen molar-refractivity contribution < 1.29 is 14.3 Å². The smallest absolute Gasteiger partial charge is 0.243 e. The van der Waals surface area contributed by atoms with Gasteiger partial charge in [-0.05, 0) is 42.2 Å². The summed E-state index contributed by atoms with van der Waals surface area (Å²) in [5.41, 5.74) is 0.348. The van der Waals surface area contributed by atoms with Crippen LogP contribution in [0.2, 0.25) is 0 Å². The maximum atomic E-state index is 14.1. The van der Waals surface area contributed by atoms with Gasteiger partial charge in [0.15, 0.2) is 0 Å². The van der Waals surface area contributed by atoms with Crippen LogP contribution < -0.4 is 4.74 Å². The average molecular weight is 469 g/mol. The Morgan fingerprint density at radius 3 is 2.34 bits per heavy atom. The standard InChI is InChI=1S/C30H32N2O3/c1-4-26(33)22-16-18-32(19-17-22)29(34)30(2,20-31)28(25-13-7-8-15-27(25)35-3)24-14-9-11-21-10-5-6-12-23(21)24/h5-15,22,28H,4,16-19H2,1-3H3/t28-,30+/m0/s1. The van der Waals surface area contributed by atoms with Crippen molar-refractivity contribution in [3.8, 4) is 11.8 Å². The lowest BCUT2D eigenvalue weighted by molar-refractivity contribution is -0.141. The van der Waals surface area contributed by atoms with E-state index < -0.39 is 11.3 Å². The van der Waals surface area contributed by atoms with E-state index in [1.54, 1.807) is 18.9 Å². The van der Waals surface area contributed by atoms with Crippen molar-refractivity contribution in [1.29, 1.82) is 5.26 Å². The molecule has 35 heavy (non-hydrogen) atoms. The van der Waals surface area contributed by atoms with E-state index in [0.717, 1.165) is 21.9 Å². The number of hydrogen-bond acceptors (Lipinski definition) is 4. The van der Waals surface area contributed by atoms with Gasteiger partial charge in [0.2, 0.25) is 5.91 Å². The molecule has 1 heterocycles. The SMILES string of the molecule is CCC(=O)C1CCN(C(=O)[C@](C)(C#N)[C@H](c2ccccc2OC)c2cccc3ccccc23)CC1. The molecular formula is C30H32N2O3. The Morgan fingerprint density at radius 1 is 1.03 bits per heavy atom. The number of likely N-dealkylation sites (tertiary alicyclic amines) is 1. The summed E-state index contributed by atoms with van der Waals surface area (Å²) in [5, 5.41) is 12.7. The molecule has 2 atom stereocenters. The Morgan fingerprint density at radius 2 is 1.66 bits per heavy atom. The van der Waals surface area contributed by atoms with Crippen LogP contribution >= 0.6 is 0 Å². The molecule has 5 nitrogen and oxygen atoms in total. The fourth-order valence-electron chi connectivity index (χ4n) is 5.45. The van der Waals surface area contributed by atoms with E-state index in [1.165, 1.54) is 0 Å². The molecule has 3 aromatic carbocycles. The molecule has 0 radical (unpaired) electrons. The Hall–Kier alpha value is -3.65. The molecule has 180 valence electrons. The molecule has 4 rings (SSSR count). The van der Waals surface area contributed by atoms with Crippen LogP contribution in [-0.2, 0) is 9.59 Å². The number of ketones is 1. The lowest BCUT2D eigenvalue weighted by Gasteiger charge is -2.39. The first kappa shape index (κ1) is 24.5. The van der Waals surface area contributed by atoms with Crippen molar-refractivity contribution in [1.82, 2.24) is 4.90 Å². The highest BCUT2D eigenvalue weighted by Gasteiger charge is 2.48. The molecule has 0 bridgehead atoms. The molecule has 0 spiro atoms. The summed E-state index contributed by atoms with van der Waals surface area (Å²) in [6, 6.07) is 24.1. The van der Waals surface area contributed by atoms with Gasteiger partial charge in [-0.1, -0.05) is 67.6 Å². The van der Waals surface area contributed by atoms with Crippen LogP contribution in [-0.4, -0.2) is 36.8 Å². The minimum absolute atomic E-state index is 0.000438. The van der Waals surface area contributed by atoms with Crippen LogP contribution in [0, 0.1) is 22.7 Å². The molecule has 0 aliphatic carbocycles. The summed E-state index contributed by atoms with van der Waals surface area (Å²) >= 11 is 0. The number of ether oxygens (including phenoxy) is 1. The number of para-hydroxylation sites is 1. The lowest BCUT2D eigenvalue weighted by Crippen LogP contribution is -2.49. The van der Waals surface area contributed by atoms with Gasteiger partial charge in [-0.15, -0.1) is 0 Å². The first-order valence-electron chi connectivity index (χ1n) is 12.3. The van der Waals surface area contributed by atoms with E-state index in [9.17, 15) is 14.9 Å². The van der Waals surface area contributed by atoms with Crippen LogP contribution in [0.15, 0.2) is 66.7 Å². The quantitative estimate of drug-likeness (QED) is 0.444. The molecule has 1 saturated heterocycles. The number of carbonyl (C=O) groups is 2. The number of methoxy groups -OCH3 is 1. The number of carbonyl (C=O) groups excluding carboxylic acids is 2. The zero-order valence-corrected chi connectivity index (χ0v) is 20.7. The number of benzene rings is 3.